The molecular weight excluding hydrogens is 208 g/mol. The summed E-state index contributed by atoms with van der Waals surface area (Å²) in [6.45, 7) is 5.65. The molecule has 0 aliphatic carbocycles. The molecule has 0 N–H and O–H groups in total. The van der Waals surface area contributed by atoms with E-state index < -0.39 is 0 Å². The Hall–Kier alpha value is -0.600. The summed E-state index contributed by atoms with van der Waals surface area (Å²) >= 11 is 6.14. The van der Waals surface area contributed by atoms with Crippen LogP contribution in [-0.2, 0) is 0 Å². The van der Waals surface area contributed by atoms with Crippen LogP contribution in [0.3, 0.4) is 0 Å². The number of halogens is 1. The summed E-state index contributed by atoms with van der Waals surface area (Å²) in [6, 6.07) is 5.11. The summed E-state index contributed by atoms with van der Waals surface area (Å²) in [6.07, 6.45) is 4.21. The van der Waals surface area contributed by atoms with Gasteiger partial charge in [0.2, 0.25) is 0 Å². The molecule has 1 saturated heterocycles. The van der Waals surface area contributed by atoms with E-state index in [4.69, 9.17) is 11.6 Å². The van der Waals surface area contributed by atoms with Crippen LogP contribution in [0.4, 0.5) is 0 Å². The normalized spacial score (nSPS) is 22.5. The van der Waals surface area contributed by atoms with Crippen molar-refractivity contribution in [2.45, 2.75) is 38.8 Å². The Bertz CT molecular complexity index is 338. The number of hydrogen-bond acceptors (Lipinski definition) is 2. The van der Waals surface area contributed by atoms with Crippen LogP contribution in [0.1, 0.15) is 38.3 Å². The van der Waals surface area contributed by atoms with Crippen LogP contribution in [-0.4, -0.2) is 22.5 Å². The highest BCUT2D eigenvalue weighted by Gasteiger charge is 2.29. The third-order valence-electron chi connectivity index (χ3n) is 3.10. The molecule has 0 spiro atoms. The van der Waals surface area contributed by atoms with E-state index in [0.29, 0.717) is 17.2 Å². The maximum atomic E-state index is 6.14. The molecular formula is C12H17ClN2. The summed E-state index contributed by atoms with van der Waals surface area (Å²) in [4.78, 5) is 6.66. The molecule has 1 atom stereocenters. The van der Waals surface area contributed by atoms with Crippen LogP contribution in [0.5, 0.6) is 0 Å². The lowest BCUT2D eigenvalue weighted by molar-refractivity contribution is 0.205. The van der Waals surface area contributed by atoms with E-state index in [0.717, 1.165) is 0 Å². The van der Waals surface area contributed by atoms with Crippen molar-refractivity contribution in [3.8, 4) is 0 Å². The average Bonchev–Trinajstić information content (AvgIpc) is 2.67. The van der Waals surface area contributed by atoms with Gasteiger partial charge < -0.3 is 0 Å². The van der Waals surface area contributed by atoms with Gasteiger partial charge in [-0.3, -0.25) is 4.90 Å². The van der Waals surface area contributed by atoms with E-state index in [1.165, 1.54) is 24.9 Å². The zero-order chi connectivity index (χ0) is 10.8. The van der Waals surface area contributed by atoms with Gasteiger partial charge in [0.25, 0.3) is 0 Å². The number of rotatable bonds is 2. The number of hydrogen-bond donors (Lipinski definition) is 0. The van der Waals surface area contributed by atoms with E-state index in [2.05, 4.69) is 29.8 Å². The molecule has 1 aromatic rings. The molecule has 3 heteroatoms. The minimum absolute atomic E-state index is 0.464. The molecule has 1 aliphatic heterocycles. The summed E-state index contributed by atoms with van der Waals surface area (Å²) in [5, 5.41) is 0.662. The second-order valence-corrected chi connectivity index (χ2v) is 4.73. The quantitative estimate of drug-likeness (QED) is 0.717. The van der Waals surface area contributed by atoms with Gasteiger partial charge in [0, 0.05) is 23.8 Å². The van der Waals surface area contributed by atoms with Crippen molar-refractivity contribution in [1.29, 1.82) is 0 Å². The third kappa shape index (κ3) is 2.16. The molecule has 1 unspecified atom stereocenters. The van der Waals surface area contributed by atoms with Crippen LogP contribution in [0, 0.1) is 0 Å². The Balaban J connectivity index is 2.27. The van der Waals surface area contributed by atoms with Crippen molar-refractivity contribution in [3.63, 3.8) is 0 Å². The predicted octanol–water partition coefficient (Wildman–Crippen LogP) is 3.28. The first-order valence-corrected chi connectivity index (χ1v) is 5.94. The van der Waals surface area contributed by atoms with Crippen molar-refractivity contribution < 1.29 is 0 Å². The molecule has 2 heterocycles. The van der Waals surface area contributed by atoms with Gasteiger partial charge in [0.05, 0.1) is 0 Å². The SMILES string of the molecule is CC(C)N1CCCC1c1cccnc1Cl. The molecule has 0 bridgehead atoms. The van der Waals surface area contributed by atoms with Gasteiger partial charge in [0.1, 0.15) is 5.15 Å². The van der Waals surface area contributed by atoms with Gasteiger partial charge in [0.15, 0.2) is 0 Å². The van der Waals surface area contributed by atoms with Gasteiger partial charge in [-0.25, -0.2) is 4.98 Å². The first-order valence-electron chi connectivity index (χ1n) is 5.56. The highest BCUT2D eigenvalue weighted by Crippen LogP contribution is 2.35. The van der Waals surface area contributed by atoms with Crippen LogP contribution in [0.15, 0.2) is 18.3 Å². The summed E-state index contributed by atoms with van der Waals surface area (Å²) in [5.41, 5.74) is 1.19. The van der Waals surface area contributed by atoms with E-state index in [-0.39, 0.29) is 0 Å². The van der Waals surface area contributed by atoms with Crippen LogP contribution in [0.2, 0.25) is 5.15 Å². The number of pyridine rings is 1. The summed E-state index contributed by atoms with van der Waals surface area (Å²) in [7, 11) is 0. The fourth-order valence-corrected chi connectivity index (χ4v) is 2.63. The molecule has 15 heavy (non-hydrogen) atoms. The maximum Gasteiger partial charge on any atom is 0.133 e. The molecule has 2 rings (SSSR count). The lowest BCUT2D eigenvalue weighted by atomic mass is 10.1. The smallest absolute Gasteiger partial charge is 0.133 e. The molecule has 2 nitrogen and oxygen atoms in total. The lowest BCUT2D eigenvalue weighted by Gasteiger charge is -2.28. The van der Waals surface area contributed by atoms with Gasteiger partial charge in [-0.2, -0.15) is 0 Å². The zero-order valence-corrected chi connectivity index (χ0v) is 10.0. The van der Waals surface area contributed by atoms with Crippen LogP contribution in [0.25, 0.3) is 0 Å². The molecule has 0 aromatic carbocycles. The Morgan fingerprint density at radius 3 is 3.00 bits per heavy atom. The number of aromatic nitrogens is 1. The molecule has 0 radical (unpaired) electrons. The fraction of sp³-hybridized carbons (Fsp3) is 0.583. The third-order valence-corrected chi connectivity index (χ3v) is 3.42. The molecule has 0 amide bonds. The average molecular weight is 225 g/mol. The van der Waals surface area contributed by atoms with E-state index in [1.807, 2.05) is 6.07 Å². The van der Waals surface area contributed by atoms with E-state index in [1.54, 1.807) is 6.20 Å². The first kappa shape index (κ1) is 10.9. The highest BCUT2D eigenvalue weighted by atomic mass is 35.5. The van der Waals surface area contributed by atoms with E-state index in [9.17, 15) is 0 Å². The zero-order valence-electron chi connectivity index (χ0n) is 9.28. The van der Waals surface area contributed by atoms with Crippen LogP contribution >= 0.6 is 11.6 Å². The first-order chi connectivity index (χ1) is 7.20. The van der Waals surface area contributed by atoms with Crippen molar-refractivity contribution in [2.24, 2.45) is 0 Å². The maximum absolute atomic E-state index is 6.14. The van der Waals surface area contributed by atoms with Crippen LogP contribution < -0.4 is 0 Å². The van der Waals surface area contributed by atoms with Crippen molar-refractivity contribution in [2.75, 3.05) is 6.54 Å². The minimum atomic E-state index is 0.464. The molecule has 82 valence electrons. The molecule has 1 aromatic heterocycles. The Kier molecular flexibility index (Phi) is 3.27. The summed E-state index contributed by atoms with van der Waals surface area (Å²) in [5.74, 6) is 0. The standard InChI is InChI=1S/C12H17ClN2/c1-9(2)15-8-4-6-11(15)10-5-3-7-14-12(10)13/h3,5,7,9,11H,4,6,8H2,1-2H3. The molecule has 1 fully saturated rings. The van der Waals surface area contributed by atoms with Crippen molar-refractivity contribution >= 4 is 11.6 Å². The minimum Gasteiger partial charge on any atom is -0.294 e. The lowest BCUT2D eigenvalue weighted by Crippen LogP contribution is -2.30. The topological polar surface area (TPSA) is 16.1 Å². The van der Waals surface area contributed by atoms with Crippen molar-refractivity contribution in [1.82, 2.24) is 9.88 Å². The van der Waals surface area contributed by atoms with Crippen molar-refractivity contribution in [3.05, 3.63) is 29.0 Å². The monoisotopic (exact) mass is 224 g/mol. The number of nitrogens with zero attached hydrogens (tertiary/aromatic N) is 2. The summed E-state index contributed by atoms with van der Waals surface area (Å²) < 4.78 is 0. The molecule has 1 aliphatic rings. The largest absolute Gasteiger partial charge is 0.294 e. The van der Waals surface area contributed by atoms with Gasteiger partial charge >= 0.3 is 0 Å². The second-order valence-electron chi connectivity index (χ2n) is 4.37. The predicted molar refractivity (Wildman–Crippen MR) is 63.1 cm³/mol. The Morgan fingerprint density at radius 1 is 1.53 bits per heavy atom. The highest BCUT2D eigenvalue weighted by molar-refractivity contribution is 6.30. The van der Waals surface area contributed by atoms with E-state index >= 15 is 0 Å². The number of likely N-dealkylation sites (tertiary alicyclic amines) is 1. The van der Waals surface area contributed by atoms with Gasteiger partial charge in [-0.15, -0.1) is 0 Å². The molecule has 0 saturated carbocycles. The fourth-order valence-electron chi connectivity index (χ4n) is 2.39. The van der Waals surface area contributed by atoms with Gasteiger partial charge in [-0.05, 0) is 39.3 Å². The second kappa shape index (κ2) is 4.50. The van der Waals surface area contributed by atoms with Gasteiger partial charge in [-0.1, -0.05) is 17.7 Å². The Labute approximate surface area is 96.3 Å². The Morgan fingerprint density at radius 2 is 2.33 bits per heavy atom.